The molecule has 98 valence electrons. The fraction of sp³-hybridized carbons (Fsp3) is 0.750. The van der Waals surface area contributed by atoms with Crippen LogP contribution < -0.4 is 5.32 Å². The van der Waals surface area contributed by atoms with Gasteiger partial charge >= 0.3 is 18.0 Å². The molecule has 0 atom stereocenters. The second kappa shape index (κ2) is 4.46. The Bertz CT molecular complexity index is 328. The Labute approximate surface area is 92.7 Å². The minimum atomic E-state index is -5.92. The summed E-state index contributed by atoms with van der Waals surface area (Å²) in [5, 5.41) is 2.26. The third-order valence-electron chi connectivity index (χ3n) is 2.22. The molecular formula is C8H9F5N2O2. The number of nitrogens with zero attached hydrogens (tertiary/aromatic N) is 1. The van der Waals surface area contributed by atoms with E-state index < -0.39 is 30.5 Å². The molecule has 1 heterocycles. The summed E-state index contributed by atoms with van der Waals surface area (Å²) in [6, 6.07) is 0. The molecule has 0 spiro atoms. The Hall–Kier alpha value is -1.41. The van der Waals surface area contributed by atoms with Gasteiger partial charge < -0.3 is 10.2 Å². The van der Waals surface area contributed by atoms with E-state index in [-0.39, 0.29) is 19.5 Å². The third-order valence-corrected chi connectivity index (χ3v) is 2.22. The topological polar surface area (TPSA) is 49.4 Å². The lowest BCUT2D eigenvalue weighted by Gasteiger charge is -2.26. The summed E-state index contributed by atoms with van der Waals surface area (Å²) < 4.78 is 61.2. The average molecular weight is 260 g/mol. The van der Waals surface area contributed by atoms with Gasteiger partial charge in [-0.2, -0.15) is 22.0 Å². The second-order valence-corrected chi connectivity index (χ2v) is 3.46. The number of alkyl halides is 5. The lowest BCUT2D eigenvalue weighted by molar-refractivity contribution is -0.274. The molecule has 0 saturated carbocycles. The van der Waals surface area contributed by atoms with Gasteiger partial charge in [0.1, 0.15) is 0 Å². The molecule has 0 aromatic carbocycles. The van der Waals surface area contributed by atoms with E-state index in [1.165, 1.54) is 0 Å². The highest BCUT2D eigenvalue weighted by molar-refractivity contribution is 5.85. The van der Waals surface area contributed by atoms with E-state index in [4.69, 9.17) is 0 Å². The first-order valence-corrected chi connectivity index (χ1v) is 4.67. The number of rotatable bonds is 1. The van der Waals surface area contributed by atoms with Crippen molar-refractivity contribution >= 4 is 11.8 Å². The summed E-state index contributed by atoms with van der Waals surface area (Å²) in [4.78, 5) is 22.2. The first-order valence-electron chi connectivity index (χ1n) is 4.67. The van der Waals surface area contributed by atoms with Crippen LogP contribution in [0, 0.1) is 0 Å². The fourth-order valence-electron chi connectivity index (χ4n) is 1.29. The third kappa shape index (κ3) is 2.83. The van der Waals surface area contributed by atoms with Gasteiger partial charge in [-0.25, -0.2) is 0 Å². The molecule has 1 rings (SSSR count). The van der Waals surface area contributed by atoms with E-state index in [0.29, 0.717) is 4.90 Å². The van der Waals surface area contributed by atoms with Crippen LogP contribution in [0.25, 0.3) is 0 Å². The molecule has 17 heavy (non-hydrogen) atoms. The molecule has 1 aliphatic heterocycles. The summed E-state index contributed by atoms with van der Waals surface area (Å²) in [6.07, 6.45) is -6.21. The van der Waals surface area contributed by atoms with Crippen molar-refractivity contribution in [3.63, 3.8) is 0 Å². The SMILES string of the molecule is O=C1CCN(C(=O)C(F)(F)C(F)(F)F)CCN1. The summed E-state index contributed by atoms with van der Waals surface area (Å²) in [7, 11) is 0. The van der Waals surface area contributed by atoms with Crippen molar-refractivity contribution in [2.45, 2.75) is 18.5 Å². The van der Waals surface area contributed by atoms with Crippen LogP contribution in [0.2, 0.25) is 0 Å². The molecule has 1 fully saturated rings. The quantitative estimate of drug-likeness (QED) is 0.699. The van der Waals surface area contributed by atoms with Crippen molar-refractivity contribution in [1.29, 1.82) is 0 Å². The van der Waals surface area contributed by atoms with Crippen LogP contribution in [0.5, 0.6) is 0 Å². The molecule has 4 nitrogen and oxygen atoms in total. The molecule has 0 aliphatic carbocycles. The summed E-state index contributed by atoms with van der Waals surface area (Å²) in [5.74, 6) is -8.22. The maximum absolute atomic E-state index is 12.7. The highest BCUT2D eigenvalue weighted by Crippen LogP contribution is 2.36. The number of carbonyl (C=O) groups is 2. The number of hydrogen-bond acceptors (Lipinski definition) is 2. The van der Waals surface area contributed by atoms with Crippen molar-refractivity contribution < 1.29 is 31.5 Å². The van der Waals surface area contributed by atoms with Crippen molar-refractivity contribution in [3.8, 4) is 0 Å². The molecule has 9 heteroatoms. The number of halogens is 5. The van der Waals surface area contributed by atoms with Crippen LogP contribution in [0.1, 0.15) is 6.42 Å². The predicted molar refractivity (Wildman–Crippen MR) is 45.2 cm³/mol. The molecule has 0 radical (unpaired) electrons. The van der Waals surface area contributed by atoms with E-state index in [0.717, 1.165) is 0 Å². The maximum atomic E-state index is 12.7. The average Bonchev–Trinajstić information content (AvgIpc) is 2.40. The highest BCUT2D eigenvalue weighted by atomic mass is 19.4. The zero-order valence-electron chi connectivity index (χ0n) is 8.48. The smallest absolute Gasteiger partial charge is 0.354 e. The van der Waals surface area contributed by atoms with Gasteiger partial charge in [-0.3, -0.25) is 9.59 Å². The summed E-state index contributed by atoms with van der Waals surface area (Å²) in [6.45, 7) is -0.953. The predicted octanol–water partition coefficient (Wildman–Crippen LogP) is 0.533. The normalized spacial score (nSPS) is 18.6. The Kier molecular flexibility index (Phi) is 3.58. The van der Waals surface area contributed by atoms with Crippen molar-refractivity contribution in [1.82, 2.24) is 10.2 Å². The van der Waals surface area contributed by atoms with Crippen LogP contribution in [0.3, 0.4) is 0 Å². The van der Waals surface area contributed by atoms with E-state index in [9.17, 15) is 31.5 Å². The first-order chi connectivity index (χ1) is 7.66. The molecule has 0 bridgehead atoms. The van der Waals surface area contributed by atoms with Crippen LogP contribution in [0.4, 0.5) is 22.0 Å². The minimum absolute atomic E-state index is 0.140. The van der Waals surface area contributed by atoms with E-state index in [2.05, 4.69) is 5.32 Å². The van der Waals surface area contributed by atoms with Crippen molar-refractivity contribution in [2.24, 2.45) is 0 Å². The molecule has 2 amide bonds. The van der Waals surface area contributed by atoms with Crippen LogP contribution in [-0.4, -0.2) is 48.4 Å². The monoisotopic (exact) mass is 260 g/mol. The van der Waals surface area contributed by atoms with Gasteiger partial charge in [0.05, 0.1) is 0 Å². The number of amides is 2. The number of carbonyl (C=O) groups excluding carboxylic acids is 2. The zero-order valence-corrected chi connectivity index (χ0v) is 8.48. The highest BCUT2D eigenvalue weighted by Gasteiger charge is 2.64. The lowest BCUT2D eigenvalue weighted by Crippen LogP contribution is -2.52. The van der Waals surface area contributed by atoms with E-state index in [1.807, 2.05) is 0 Å². The van der Waals surface area contributed by atoms with Crippen LogP contribution in [0.15, 0.2) is 0 Å². The van der Waals surface area contributed by atoms with E-state index >= 15 is 0 Å². The number of nitrogens with one attached hydrogen (secondary N) is 1. The Morgan fingerprint density at radius 1 is 1.18 bits per heavy atom. The van der Waals surface area contributed by atoms with Crippen molar-refractivity contribution in [3.05, 3.63) is 0 Å². The molecule has 0 aromatic heterocycles. The van der Waals surface area contributed by atoms with Gasteiger partial charge in [0.15, 0.2) is 0 Å². The molecule has 1 N–H and O–H groups in total. The molecular weight excluding hydrogens is 251 g/mol. The molecule has 0 aromatic rings. The largest absolute Gasteiger partial charge is 0.463 e. The maximum Gasteiger partial charge on any atom is 0.463 e. The zero-order chi connectivity index (χ0) is 13.3. The Balaban J connectivity index is 2.79. The van der Waals surface area contributed by atoms with Gasteiger partial charge in [0.2, 0.25) is 5.91 Å². The second-order valence-electron chi connectivity index (χ2n) is 3.46. The Morgan fingerprint density at radius 2 is 1.76 bits per heavy atom. The van der Waals surface area contributed by atoms with Gasteiger partial charge in [-0.05, 0) is 0 Å². The Morgan fingerprint density at radius 3 is 2.29 bits per heavy atom. The van der Waals surface area contributed by atoms with Crippen LogP contribution in [-0.2, 0) is 9.59 Å². The molecule has 0 unspecified atom stereocenters. The lowest BCUT2D eigenvalue weighted by atomic mass is 10.2. The van der Waals surface area contributed by atoms with Gasteiger partial charge in [-0.15, -0.1) is 0 Å². The number of hydrogen-bond donors (Lipinski definition) is 1. The summed E-state index contributed by atoms with van der Waals surface area (Å²) in [5.41, 5.74) is 0. The van der Waals surface area contributed by atoms with Gasteiger partial charge in [-0.1, -0.05) is 0 Å². The van der Waals surface area contributed by atoms with E-state index in [1.54, 1.807) is 0 Å². The van der Waals surface area contributed by atoms with Gasteiger partial charge in [0, 0.05) is 26.1 Å². The molecule has 1 aliphatic rings. The minimum Gasteiger partial charge on any atom is -0.354 e. The summed E-state index contributed by atoms with van der Waals surface area (Å²) >= 11 is 0. The fourth-order valence-corrected chi connectivity index (χ4v) is 1.29. The standard InChI is InChI=1S/C8H9F5N2O2/c9-7(10,8(11,12)13)6(17)15-3-1-5(16)14-2-4-15/h1-4H2,(H,14,16). The first kappa shape index (κ1) is 13.7. The van der Waals surface area contributed by atoms with Crippen molar-refractivity contribution in [2.75, 3.05) is 19.6 Å². The van der Waals surface area contributed by atoms with Crippen LogP contribution >= 0.6 is 0 Å². The van der Waals surface area contributed by atoms with Gasteiger partial charge in [0.25, 0.3) is 0 Å². The molecule has 1 saturated heterocycles.